The number of hydrogen-bond acceptors (Lipinski definition) is 2. The Labute approximate surface area is 172 Å². The van der Waals surface area contributed by atoms with E-state index in [1.807, 2.05) is 103 Å². The number of rotatable bonds is 5. The van der Waals surface area contributed by atoms with Crippen molar-refractivity contribution in [2.24, 2.45) is 0 Å². The lowest BCUT2D eigenvalue weighted by atomic mass is 9.90. The molecule has 4 rings (SSSR count). The Bertz CT molecular complexity index is 907. The first-order valence-electron chi connectivity index (χ1n) is 10.1. The minimum absolute atomic E-state index is 0.0281. The van der Waals surface area contributed by atoms with Gasteiger partial charge in [0.25, 0.3) is 5.91 Å². The van der Waals surface area contributed by atoms with Crippen LogP contribution in [-0.4, -0.2) is 42.3 Å². The molecule has 0 saturated carbocycles. The number of para-hydroxylation sites is 1. The molecule has 0 aliphatic carbocycles. The van der Waals surface area contributed by atoms with Gasteiger partial charge in [-0.3, -0.25) is 4.79 Å². The van der Waals surface area contributed by atoms with Crippen LogP contribution in [0.1, 0.15) is 23.5 Å². The molecule has 2 unspecified atom stereocenters. The fraction of sp³-hybridized carbons (Fsp3) is 0.240. The molecule has 3 aromatic rings. The Morgan fingerprint density at radius 2 is 1.38 bits per heavy atom. The van der Waals surface area contributed by atoms with Gasteiger partial charge in [0.05, 0.1) is 13.0 Å². The fourth-order valence-corrected chi connectivity index (χ4v) is 4.42. The fourth-order valence-electron chi connectivity index (χ4n) is 4.42. The third kappa shape index (κ3) is 3.69. The van der Waals surface area contributed by atoms with E-state index in [1.54, 1.807) is 0 Å². The molecule has 0 spiro atoms. The van der Waals surface area contributed by atoms with Gasteiger partial charge in [0.1, 0.15) is 19.2 Å². The molecule has 1 aliphatic heterocycles. The summed E-state index contributed by atoms with van der Waals surface area (Å²) in [6.07, 6.45) is 0.255. The third-order valence-electron chi connectivity index (χ3n) is 5.99. The first kappa shape index (κ1) is 19.4. The lowest BCUT2D eigenvalue weighted by molar-refractivity contribution is -0.144. The molecule has 4 heteroatoms. The third-order valence-corrected chi connectivity index (χ3v) is 5.99. The average Bonchev–Trinajstić information content (AvgIpc) is 3.18. The molecule has 0 bridgehead atoms. The van der Waals surface area contributed by atoms with Crippen molar-refractivity contribution in [1.82, 2.24) is 9.60 Å². The molecule has 1 amide bonds. The van der Waals surface area contributed by atoms with Gasteiger partial charge in [-0.25, -0.2) is 0 Å². The topological polar surface area (TPSA) is 40.5 Å². The number of nitrogens with zero attached hydrogens (tertiary/aromatic N) is 2. The quantitative estimate of drug-likeness (QED) is 0.673. The normalized spacial score (nSPS) is 21.3. The van der Waals surface area contributed by atoms with Crippen LogP contribution in [-0.2, 0) is 4.79 Å². The van der Waals surface area contributed by atoms with Crippen LogP contribution in [0.4, 0.5) is 5.69 Å². The summed E-state index contributed by atoms with van der Waals surface area (Å²) < 4.78 is 0.344. The van der Waals surface area contributed by atoms with Crippen LogP contribution in [0.15, 0.2) is 91.0 Å². The maximum atomic E-state index is 13.9. The standard InChI is InChI=1S/C25H27N2O2/c1-26(27(18-17-23(28)19-27)22-15-9-4-10-16-22)25(29)24(20-11-5-2-6-12-20)21-13-7-3-8-14-21/h2-16,23-24,28H,17-19H2,1H3/q+1. The molecule has 1 fully saturated rings. The summed E-state index contributed by atoms with van der Waals surface area (Å²) in [4.78, 5) is 13.9. The van der Waals surface area contributed by atoms with E-state index >= 15 is 0 Å². The summed E-state index contributed by atoms with van der Waals surface area (Å²) in [5.41, 5.74) is 2.97. The largest absolute Gasteiger partial charge is 0.387 e. The van der Waals surface area contributed by atoms with Crippen molar-refractivity contribution in [1.29, 1.82) is 0 Å². The predicted octanol–water partition coefficient (Wildman–Crippen LogP) is 3.96. The van der Waals surface area contributed by atoms with Crippen LogP contribution < -0.4 is 4.59 Å². The van der Waals surface area contributed by atoms with Gasteiger partial charge in [-0.15, -0.1) is 0 Å². The van der Waals surface area contributed by atoms with Crippen LogP contribution >= 0.6 is 0 Å². The van der Waals surface area contributed by atoms with E-state index in [0.29, 0.717) is 24.1 Å². The molecule has 3 aromatic carbocycles. The Morgan fingerprint density at radius 3 is 1.83 bits per heavy atom. The van der Waals surface area contributed by atoms with Gasteiger partial charge in [-0.1, -0.05) is 78.9 Å². The number of amides is 1. The molecule has 4 nitrogen and oxygen atoms in total. The van der Waals surface area contributed by atoms with E-state index in [2.05, 4.69) is 0 Å². The lowest BCUT2D eigenvalue weighted by Crippen LogP contribution is -2.62. The molecule has 1 saturated heterocycles. The van der Waals surface area contributed by atoms with Gasteiger partial charge in [-0.05, 0) is 11.1 Å². The second kappa shape index (κ2) is 8.19. The van der Waals surface area contributed by atoms with Gasteiger partial charge in [0, 0.05) is 18.6 Å². The van der Waals surface area contributed by atoms with E-state index in [9.17, 15) is 9.90 Å². The summed E-state index contributed by atoms with van der Waals surface area (Å²) in [7, 11) is 1.87. The smallest absolute Gasteiger partial charge is 0.279 e. The lowest BCUT2D eigenvalue weighted by Gasteiger charge is -2.41. The molecule has 148 valence electrons. The first-order chi connectivity index (χ1) is 14.1. The Hall–Kier alpha value is -2.95. The molecule has 29 heavy (non-hydrogen) atoms. The Balaban J connectivity index is 1.77. The summed E-state index contributed by atoms with van der Waals surface area (Å²) in [6.45, 7) is 1.20. The van der Waals surface area contributed by atoms with Crippen molar-refractivity contribution in [3.63, 3.8) is 0 Å². The van der Waals surface area contributed by atoms with Crippen molar-refractivity contribution in [3.8, 4) is 0 Å². The zero-order valence-electron chi connectivity index (χ0n) is 16.7. The maximum absolute atomic E-state index is 13.9. The van der Waals surface area contributed by atoms with Crippen LogP contribution in [0.3, 0.4) is 0 Å². The van der Waals surface area contributed by atoms with Crippen molar-refractivity contribution >= 4 is 11.6 Å². The van der Waals surface area contributed by atoms with E-state index in [0.717, 1.165) is 16.8 Å². The van der Waals surface area contributed by atoms with Crippen molar-refractivity contribution < 1.29 is 9.90 Å². The van der Waals surface area contributed by atoms with Crippen LogP contribution in [0, 0.1) is 0 Å². The van der Waals surface area contributed by atoms with Gasteiger partial charge >= 0.3 is 0 Å². The van der Waals surface area contributed by atoms with Gasteiger partial charge in [-0.2, -0.15) is 9.60 Å². The van der Waals surface area contributed by atoms with Gasteiger partial charge < -0.3 is 5.11 Å². The minimum atomic E-state index is -0.419. The van der Waals surface area contributed by atoms with Crippen LogP contribution in [0.25, 0.3) is 0 Å². The maximum Gasteiger partial charge on any atom is 0.279 e. The highest BCUT2D eigenvalue weighted by atomic mass is 16.3. The minimum Gasteiger partial charge on any atom is -0.387 e. The van der Waals surface area contributed by atoms with E-state index in [4.69, 9.17) is 0 Å². The zero-order valence-corrected chi connectivity index (χ0v) is 16.7. The molecule has 2 atom stereocenters. The number of hydrogen-bond donors (Lipinski definition) is 1. The van der Waals surface area contributed by atoms with E-state index in [1.165, 1.54) is 0 Å². The average molecular weight is 388 g/mol. The molecule has 1 N–H and O–H groups in total. The SMILES string of the molecule is CN(C(=O)C(c1ccccc1)c1ccccc1)[N+]1(c2ccccc2)CCC(O)C1. The number of likely N-dealkylation sites (N-methyl/N-ethyl adjacent to an activating group) is 1. The van der Waals surface area contributed by atoms with Gasteiger partial charge in [0.2, 0.25) is 0 Å². The number of carbonyl (C=O) groups excluding carboxylic acids is 1. The first-order valence-corrected chi connectivity index (χ1v) is 10.1. The summed E-state index contributed by atoms with van der Waals surface area (Å²) in [5.74, 6) is -0.362. The summed E-state index contributed by atoms with van der Waals surface area (Å²) >= 11 is 0. The van der Waals surface area contributed by atoms with Gasteiger partial charge in [0.15, 0.2) is 5.69 Å². The monoisotopic (exact) mass is 387 g/mol. The Kier molecular flexibility index (Phi) is 5.47. The molecule has 0 aromatic heterocycles. The predicted molar refractivity (Wildman–Crippen MR) is 116 cm³/mol. The second-order valence-corrected chi connectivity index (χ2v) is 7.72. The Morgan fingerprint density at radius 1 is 0.897 bits per heavy atom. The second-order valence-electron chi connectivity index (χ2n) is 7.72. The number of benzene rings is 3. The van der Waals surface area contributed by atoms with Crippen molar-refractivity contribution in [2.75, 3.05) is 20.1 Å². The molecular weight excluding hydrogens is 360 g/mol. The highest BCUT2D eigenvalue weighted by Crippen LogP contribution is 2.35. The molecule has 0 radical (unpaired) electrons. The molecular formula is C25H27N2O2+. The molecule has 1 heterocycles. The zero-order chi connectivity index (χ0) is 20.3. The van der Waals surface area contributed by atoms with E-state index < -0.39 is 6.10 Å². The highest BCUT2D eigenvalue weighted by Gasteiger charge is 2.47. The summed E-state index contributed by atoms with van der Waals surface area (Å²) in [6, 6.07) is 29.9. The van der Waals surface area contributed by atoms with Crippen molar-refractivity contribution in [3.05, 3.63) is 102 Å². The van der Waals surface area contributed by atoms with Crippen molar-refractivity contribution in [2.45, 2.75) is 18.4 Å². The molecule has 1 aliphatic rings. The number of aliphatic hydroxyl groups excluding tert-OH is 1. The van der Waals surface area contributed by atoms with E-state index in [-0.39, 0.29) is 11.8 Å². The number of carbonyl (C=O) groups is 1. The summed E-state index contributed by atoms with van der Waals surface area (Å²) in [5, 5.41) is 12.2. The van der Waals surface area contributed by atoms with Crippen LogP contribution in [0.5, 0.6) is 0 Å². The van der Waals surface area contributed by atoms with Crippen LogP contribution in [0.2, 0.25) is 0 Å². The number of aliphatic hydroxyl groups is 1. The number of quaternary nitrogens is 1. The highest BCUT2D eigenvalue weighted by molar-refractivity contribution is 5.87.